The van der Waals surface area contributed by atoms with E-state index in [0.29, 0.717) is 23.9 Å². The number of amides is 1. The van der Waals surface area contributed by atoms with E-state index < -0.39 is 26.6 Å². The van der Waals surface area contributed by atoms with Crippen molar-refractivity contribution in [1.29, 1.82) is 0 Å². The molecule has 0 aliphatic rings. The Hall–Kier alpha value is -4.37. The van der Waals surface area contributed by atoms with Crippen molar-refractivity contribution < 1.29 is 37.3 Å². The maximum Gasteiger partial charge on any atom is 0.306 e. The first-order valence-corrected chi connectivity index (χ1v) is 36.3. The predicted octanol–water partition coefficient (Wildman–Crippen LogP) is 21.7. The lowest BCUT2D eigenvalue weighted by atomic mass is 10.0. The Balaban J connectivity index is 5.26. The highest BCUT2D eigenvalue weighted by atomic mass is 31.2. The minimum atomic E-state index is -4.73. The van der Waals surface area contributed by atoms with Crippen molar-refractivity contribution in [2.45, 2.75) is 277 Å². The number of hydrogen-bond acceptors (Lipinski definition) is 7. The molecular weight excluding hydrogens is 1100 g/mol. The molecule has 0 aliphatic heterocycles. The van der Waals surface area contributed by atoms with Crippen LogP contribution in [0.25, 0.3) is 0 Å². The number of esters is 1. The van der Waals surface area contributed by atoms with Gasteiger partial charge in [-0.2, -0.15) is 0 Å². The number of nitrogens with zero attached hydrogens (tertiary/aromatic N) is 1. The predicted molar refractivity (Wildman–Crippen MR) is 376 cm³/mol. The van der Waals surface area contributed by atoms with E-state index in [2.05, 4.69) is 172 Å². The molecule has 9 nitrogen and oxygen atoms in total. The first-order valence-electron chi connectivity index (χ1n) is 34.8. The van der Waals surface area contributed by atoms with E-state index in [1.165, 1.54) is 57.8 Å². The van der Waals surface area contributed by atoms with Crippen molar-refractivity contribution in [2.24, 2.45) is 0 Å². The van der Waals surface area contributed by atoms with Crippen LogP contribution in [0, 0.1) is 0 Å². The number of nitrogens with one attached hydrogen (secondary N) is 1. The standard InChI is InChI=1S/C77H129N2O7P/c1-7-10-13-16-19-22-25-28-30-32-34-36-38-39-41-42-44-46-48-51-54-57-60-63-66-69-76(80)78-74(73-85-87(82,83)84-72-71-79(4,5)6)75(68-65-62-59-56-53-50-27-24-21-18-15-12-9-3)86-77(81)70-67-64-61-58-55-52-49-47-45-43-40-37-35-33-31-29-26-23-20-17-14-11-8-2/h10-11,13-14,19-20,22-23,28-31,34-37,39,41,43-46,49,52,65,68,74-75H,7-9,12,15-18,21,24-27,32-33,38,40,42,47-48,50-51,53-64,66-67,69-73H2,1-6H3,(H-,78,80,82,83)/b13-10-,14-11-,22-19-,23-20-,30-28-,31-29-,36-34-,37-35-,41-39-,45-43-,46-44-,52-49-,68-65+. The molecule has 0 heterocycles. The lowest BCUT2D eigenvalue weighted by Crippen LogP contribution is -2.47. The van der Waals surface area contributed by atoms with Crippen molar-refractivity contribution >= 4 is 19.7 Å². The maximum atomic E-state index is 13.6. The Morgan fingerprint density at radius 3 is 1.10 bits per heavy atom. The van der Waals surface area contributed by atoms with E-state index in [1.54, 1.807) is 0 Å². The third kappa shape index (κ3) is 65.9. The summed E-state index contributed by atoms with van der Waals surface area (Å²) in [5.41, 5.74) is 0. The van der Waals surface area contributed by atoms with E-state index in [9.17, 15) is 19.0 Å². The highest BCUT2D eigenvalue weighted by Crippen LogP contribution is 2.38. The first-order chi connectivity index (χ1) is 42.4. The van der Waals surface area contributed by atoms with Crippen LogP contribution < -0.4 is 10.2 Å². The number of quaternary nitrogens is 1. The molecule has 0 spiro atoms. The molecule has 494 valence electrons. The Kier molecular flexibility index (Phi) is 61.4. The molecule has 1 N–H and O–H groups in total. The first kappa shape index (κ1) is 82.6. The number of carbonyl (C=O) groups excluding carboxylic acids is 2. The van der Waals surface area contributed by atoms with Gasteiger partial charge in [0.25, 0.3) is 7.82 Å². The van der Waals surface area contributed by atoms with Gasteiger partial charge in [0.05, 0.1) is 33.8 Å². The fourth-order valence-electron chi connectivity index (χ4n) is 9.18. The van der Waals surface area contributed by atoms with Crippen molar-refractivity contribution in [1.82, 2.24) is 5.32 Å². The molecule has 10 heteroatoms. The summed E-state index contributed by atoms with van der Waals surface area (Å²) in [6.45, 7) is 6.58. The van der Waals surface area contributed by atoms with E-state index in [1.807, 2.05) is 33.3 Å². The zero-order valence-electron chi connectivity index (χ0n) is 56.4. The van der Waals surface area contributed by atoms with Crippen molar-refractivity contribution in [3.8, 4) is 0 Å². The number of phosphoric acid groups is 1. The summed E-state index contributed by atoms with van der Waals surface area (Å²) in [6.07, 6.45) is 95.0. The molecule has 0 saturated heterocycles. The zero-order chi connectivity index (χ0) is 63.5. The number of carbonyl (C=O) groups is 2. The molecule has 3 unspecified atom stereocenters. The van der Waals surface area contributed by atoms with E-state index in [0.717, 1.165) is 161 Å². The quantitative estimate of drug-likeness (QED) is 0.0212. The van der Waals surface area contributed by atoms with Crippen LogP contribution in [0.4, 0.5) is 0 Å². The molecule has 0 aliphatic carbocycles. The summed E-state index contributed by atoms with van der Waals surface area (Å²) < 4.78 is 30.4. The summed E-state index contributed by atoms with van der Waals surface area (Å²) in [7, 11) is 1.13. The van der Waals surface area contributed by atoms with Crippen molar-refractivity contribution in [2.75, 3.05) is 40.9 Å². The summed E-state index contributed by atoms with van der Waals surface area (Å²) in [5.74, 6) is -0.597. The van der Waals surface area contributed by atoms with Gasteiger partial charge in [-0.25, -0.2) is 0 Å². The van der Waals surface area contributed by atoms with Gasteiger partial charge in [-0.1, -0.05) is 275 Å². The third-order valence-electron chi connectivity index (χ3n) is 14.5. The second-order valence-corrected chi connectivity index (χ2v) is 25.3. The molecule has 0 fully saturated rings. The van der Waals surface area contributed by atoms with Gasteiger partial charge in [-0.15, -0.1) is 0 Å². The fraction of sp³-hybridized carbons (Fsp3) is 0.636. The van der Waals surface area contributed by atoms with Crippen molar-refractivity contribution in [3.05, 3.63) is 158 Å². The molecule has 0 radical (unpaired) electrons. The van der Waals surface area contributed by atoms with Crippen LogP contribution in [-0.2, 0) is 27.9 Å². The average molecular weight is 1230 g/mol. The zero-order valence-corrected chi connectivity index (χ0v) is 57.3. The van der Waals surface area contributed by atoms with Crippen LogP contribution in [0.15, 0.2) is 158 Å². The van der Waals surface area contributed by atoms with Crippen LogP contribution in [0.1, 0.15) is 265 Å². The van der Waals surface area contributed by atoms with Gasteiger partial charge >= 0.3 is 5.97 Å². The fourth-order valence-corrected chi connectivity index (χ4v) is 9.90. The Morgan fingerprint density at radius 1 is 0.414 bits per heavy atom. The Morgan fingerprint density at radius 2 is 0.736 bits per heavy atom. The largest absolute Gasteiger partial charge is 0.756 e. The Labute approximate surface area is 535 Å². The van der Waals surface area contributed by atoms with Gasteiger partial charge in [0, 0.05) is 12.8 Å². The molecule has 3 atom stereocenters. The molecule has 0 aromatic heterocycles. The van der Waals surface area contributed by atoms with Gasteiger partial charge in [-0.05, 0) is 134 Å². The molecule has 0 rings (SSSR count). The molecule has 1 amide bonds. The van der Waals surface area contributed by atoms with Gasteiger partial charge in [0.15, 0.2) is 0 Å². The lowest BCUT2D eigenvalue weighted by molar-refractivity contribution is -0.870. The van der Waals surface area contributed by atoms with E-state index >= 15 is 0 Å². The van der Waals surface area contributed by atoms with Crippen LogP contribution in [-0.4, -0.2) is 69.4 Å². The monoisotopic (exact) mass is 1220 g/mol. The number of phosphoric ester groups is 1. The highest BCUT2D eigenvalue weighted by Gasteiger charge is 2.27. The summed E-state index contributed by atoms with van der Waals surface area (Å²) in [6, 6.07) is -0.922. The second kappa shape index (κ2) is 64.6. The average Bonchev–Trinajstić information content (AvgIpc) is 3.70. The summed E-state index contributed by atoms with van der Waals surface area (Å²) >= 11 is 0. The molecule has 0 aromatic carbocycles. The number of likely N-dealkylation sites (N-methyl/N-ethyl adjacent to an activating group) is 1. The normalized spacial score (nSPS) is 14.5. The number of rotatable bonds is 61. The molecule has 0 saturated carbocycles. The minimum absolute atomic E-state index is 0.0392. The number of ether oxygens (including phenoxy) is 1. The smallest absolute Gasteiger partial charge is 0.306 e. The van der Waals surface area contributed by atoms with Gasteiger partial charge < -0.3 is 28.5 Å². The molecule has 87 heavy (non-hydrogen) atoms. The van der Waals surface area contributed by atoms with E-state index in [4.69, 9.17) is 13.8 Å². The van der Waals surface area contributed by atoms with Crippen LogP contribution in [0.5, 0.6) is 0 Å². The second-order valence-electron chi connectivity index (χ2n) is 23.9. The van der Waals surface area contributed by atoms with E-state index in [-0.39, 0.29) is 31.3 Å². The van der Waals surface area contributed by atoms with Crippen LogP contribution >= 0.6 is 7.82 Å². The summed E-state index contributed by atoms with van der Waals surface area (Å²) in [5, 5.41) is 3.02. The van der Waals surface area contributed by atoms with Crippen LogP contribution in [0.3, 0.4) is 0 Å². The molecular formula is C77H129N2O7P. The maximum absolute atomic E-state index is 13.6. The number of unbranched alkanes of at least 4 members (excludes halogenated alkanes) is 21. The minimum Gasteiger partial charge on any atom is -0.756 e. The van der Waals surface area contributed by atoms with Gasteiger partial charge in [0.2, 0.25) is 5.91 Å². The highest BCUT2D eigenvalue weighted by molar-refractivity contribution is 7.45. The number of allylic oxidation sites excluding steroid dienone is 25. The third-order valence-corrected chi connectivity index (χ3v) is 15.4. The topological polar surface area (TPSA) is 114 Å². The molecule has 0 bridgehead atoms. The SMILES string of the molecule is CC/C=C\C/C=C\C/C=C\C/C=C\C/C=C\C/C=C\CCCCCCCCC(=O)NC(COP(=O)([O-])OCC[N+](C)(C)C)C(/C=C/CCCCCCCCCCCCC)OC(=O)CCCCCC/C=C\C/C=C\C/C=C\C/C=C\C/C=C\C/C=C\CC. The molecule has 0 aromatic rings. The van der Waals surface area contributed by atoms with Crippen molar-refractivity contribution in [3.63, 3.8) is 0 Å². The Bertz CT molecular complexity index is 2050. The lowest BCUT2D eigenvalue weighted by Gasteiger charge is -2.30. The van der Waals surface area contributed by atoms with Gasteiger partial charge in [0.1, 0.15) is 19.3 Å². The van der Waals surface area contributed by atoms with Gasteiger partial charge in [-0.3, -0.25) is 14.2 Å². The summed E-state index contributed by atoms with van der Waals surface area (Å²) in [4.78, 5) is 40.2. The van der Waals surface area contributed by atoms with Crippen LogP contribution in [0.2, 0.25) is 0 Å². The number of hydrogen-bond donors (Lipinski definition) is 1.